The number of fused-ring (bicyclic) bond motifs is 1. The van der Waals surface area contributed by atoms with Crippen molar-refractivity contribution in [2.45, 2.75) is 46.2 Å². The van der Waals surface area contributed by atoms with Crippen LogP contribution >= 0.6 is 0 Å². The van der Waals surface area contributed by atoms with Gasteiger partial charge in [0.2, 0.25) is 0 Å². The highest BCUT2D eigenvalue weighted by Gasteiger charge is 2.31. The van der Waals surface area contributed by atoms with E-state index in [-0.39, 0.29) is 11.9 Å². The molecule has 172 valence electrons. The smallest absolute Gasteiger partial charge is 0.259 e. The van der Waals surface area contributed by atoms with Gasteiger partial charge in [-0.3, -0.25) is 4.79 Å². The van der Waals surface area contributed by atoms with Gasteiger partial charge < -0.3 is 23.2 Å². The maximum absolute atomic E-state index is 14.1. The standard InChI is InChI=1S/C25H28N4O4/c1-15-12-20(17(3)32-15)22-13-21(23-16(2)27-33-24(23)26-22)25(30)29(14-19-6-5-11-31-19)18-7-9-28(4)10-8-18/h5-6,11-13,18H,7-10,14H2,1-4H3. The maximum Gasteiger partial charge on any atom is 0.259 e. The minimum absolute atomic E-state index is 0.0706. The number of pyridine rings is 1. The van der Waals surface area contributed by atoms with Gasteiger partial charge in [-0.25, -0.2) is 4.98 Å². The van der Waals surface area contributed by atoms with E-state index in [0.29, 0.717) is 34.6 Å². The van der Waals surface area contributed by atoms with Crippen LogP contribution in [0.2, 0.25) is 0 Å². The number of carbonyl (C=O) groups excluding carboxylic acids is 1. The van der Waals surface area contributed by atoms with Crippen LogP contribution in [0.5, 0.6) is 0 Å². The molecule has 0 saturated carbocycles. The summed E-state index contributed by atoms with van der Waals surface area (Å²) in [4.78, 5) is 23.0. The minimum Gasteiger partial charge on any atom is -0.467 e. The van der Waals surface area contributed by atoms with Crippen LogP contribution in [0.1, 0.15) is 46.2 Å². The maximum atomic E-state index is 14.1. The molecule has 5 heterocycles. The molecule has 1 amide bonds. The van der Waals surface area contributed by atoms with Gasteiger partial charge in [-0.05, 0) is 78.0 Å². The number of carbonyl (C=O) groups is 1. The fraction of sp³-hybridized carbons (Fsp3) is 0.400. The molecule has 1 aliphatic rings. The van der Waals surface area contributed by atoms with E-state index >= 15 is 0 Å². The van der Waals surface area contributed by atoms with E-state index in [1.165, 1.54) is 0 Å². The average molecular weight is 449 g/mol. The Morgan fingerprint density at radius 1 is 1.21 bits per heavy atom. The van der Waals surface area contributed by atoms with E-state index in [9.17, 15) is 4.79 Å². The molecule has 0 spiro atoms. The number of aryl methyl sites for hydroxylation is 3. The molecule has 4 aromatic heterocycles. The van der Waals surface area contributed by atoms with Crippen molar-refractivity contribution in [3.05, 3.63) is 59.1 Å². The number of furan rings is 2. The summed E-state index contributed by atoms with van der Waals surface area (Å²) in [6, 6.07) is 7.65. The van der Waals surface area contributed by atoms with E-state index < -0.39 is 0 Å². The molecule has 0 atom stereocenters. The Kier molecular flexibility index (Phi) is 5.54. The van der Waals surface area contributed by atoms with Crippen LogP contribution < -0.4 is 0 Å². The van der Waals surface area contributed by atoms with Crippen molar-refractivity contribution in [3.8, 4) is 11.3 Å². The van der Waals surface area contributed by atoms with E-state index in [0.717, 1.165) is 48.8 Å². The van der Waals surface area contributed by atoms with E-state index in [1.54, 1.807) is 6.26 Å². The Morgan fingerprint density at radius 3 is 2.67 bits per heavy atom. The summed E-state index contributed by atoms with van der Waals surface area (Å²) in [6.45, 7) is 7.93. The van der Waals surface area contributed by atoms with E-state index in [4.69, 9.17) is 13.4 Å². The highest BCUT2D eigenvalue weighted by Crippen LogP contribution is 2.32. The first kappa shape index (κ1) is 21.5. The van der Waals surface area contributed by atoms with Gasteiger partial charge in [-0.15, -0.1) is 0 Å². The lowest BCUT2D eigenvalue weighted by Gasteiger charge is -2.37. The Balaban J connectivity index is 1.61. The number of nitrogens with zero attached hydrogens (tertiary/aromatic N) is 4. The molecule has 0 aliphatic carbocycles. The van der Waals surface area contributed by atoms with Crippen LogP contribution in [-0.2, 0) is 6.54 Å². The zero-order chi connectivity index (χ0) is 23.1. The molecular formula is C25H28N4O4. The fourth-order valence-electron chi connectivity index (χ4n) is 4.68. The topological polar surface area (TPSA) is 88.8 Å². The Morgan fingerprint density at radius 2 is 2.00 bits per heavy atom. The lowest BCUT2D eigenvalue weighted by Crippen LogP contribution is -2.46. The third kappa shape index (κ3) is 4.06. The van der Waals surface area contributed by atoms with Gasteiger partial charge in [0, 0.05) is 11.6 Å². The van der Waals surface area contributed by atoms with Crippen molar-refractivity contribution in [2.24, 2.45) is 0 Å². The molecule has 0 N–H and O–H groups in total. The summed E-state index contributed by atoms with van der Waals surface area (Å²) in [5.74, 6) is 2.23. The number of hydrogen-bond donors (Lipinski definition) is 0. The van der Waals surface area contributed by atoms with Crippen molar-refractivity contribution < 1.29 is 18.2 Å². The summed E-state index contributed by atoms with van der Waals surface area (Å²) in [5, 5.41) is 4.75. The normalized spacial score (nSPS) is 15.4. The van der Waals surface area contributed by atoms with Crippen molar-refractivity contribution in [2.75, 3.05) is 20.1 Å². The third-order valence-corrected chi connectivity index (χ3v) is 6.46. The summed E-state index contributed by atoms with van der Waals surface area (Å²) < 4.78 is 16.8. The highest BCUT2D eigenvalue weighted by atomic mass is 16.5. The summed E-state index contributed by atoms with van der Waals surface area (Å²) >= 11 is 0. The quantitative estimate of drug-likeness (QED) is 0.436. The van der Waals surface area contributed by atoms with Crippen LogP contribution in [0.25, 0.3) is 22.4 Å². The molecule has 33 heavy (non-hydrogen) atoms. The highest BCUT2D eigenvalue weighted by molar-refractivity contribution is 6.07. The third-order valence-electron chi connectivity index (χ3n) is 6.46. The molecular weight excluding hydrogens is 420 g/mol. The molecule has 8 heteroatoms. The average Bonchev–Trinajstić information content (AvgIpc) is 3.52. The second-order valence-corrected chi connectivity index (χ2v) is 8.88. The van der Waals surface area contributed by atoms with Gasteiger partial charge in [0.25, 0.3) is 11.6 Å². The molecule has 0 unspecified atom stereocenters. The minimum atomic E-state index is -0.0706. The number of likely N-dealkylation sites (tertiary alicyclic amines) is 1. The lowest BCUT2D eigenvalue weighted by molar-refractivity contribution is 0.0552. The molecule has 1 fully saturated rings. The molecule has 1 aliphatic heterocycles. The van der Waals surface area contributed by atoms with Crippen LogP contribution in [0.15, 0.2) is 43.9 Å². The monoisotopic (exact) mass is 448 g/mol. The van der Waals surface area contributed by atoms with Gasteiger partial charge in [0.15, 0.2) is 0 Å². The Labute approximate surface area is 192 Å². The van der Waals surface area contributed by atoms with Crippen molar-refractivity contribution in [1.29, 1.82) is 0 Å². The molecule has 8 nitrogen and oxygen atoms in total. The Hall–Kier alpha value is -3.39. The van der Waals surface area contributed by atoms with E-state index in [2.05, 4.69) is 22.1 Å². The van der Waals surface area contributed by atoms with Gasteiger partial charge in [0.05, 0.1) is 35.1 Å². The number of hydrogen-bond acceptors (Lipinski definition) is 7. The molecule has 0 bridgehead atoms. The summed E-state index contributed by atoms with van der Waals surface area (Å²) in [5.41, 5.74) is 3.02. The largest absolute Gasteiger partial charge is 0.467 e. The van der Waals surface area contributed by atoms with Crippen LogP contribution in [0.3, 0.4) is 0 Å². The SMILES string of the molecule is Cc1cc(-c2cc(C(=O)N(Cc3ccco3)C3CCN(C)CC3)c3c(C)noc3n2)c(C)o1. The first-order valence-corrected chi connectivity index (χ1v) is 11.3. The fourth-order valence-corrected chi connectivity index (χ4v) is 4.68. The van der Waals surface area contributed by atoms with Gasteiger partial charge in [0.1, 0.15) is 17.3 Å². The van der Waals surface area contributed by atoms with Crippen LogP contribution in [-0.4, -0.2) is 52.0 Å². The number of piperidine rings is 1. The van der Waals surface area contributed by atoms with Crippen LogP contribution in [0, 0.1) is 20.8 Å². The first-order chi connectivity index (χ1) is 15.9. The number of rotatable bonds is 5. The predicted octanol–water partition coefficient (Wildman–Crippen LogP) is 4.74. The second kappa shape index (κ2) is 8.51. The molecule has 0 radical (unpaired) electrons. The van der Waals surface area contributed by atoms with Gasteiger partial charge in [-0.2, -0.15) is 0 Å². The summed E-state index contributed by atoms with van der Waals surface area (Å²) in [6.07, 6.45) is 3.46. The van der Waals surface area contributed by atoms with Crippen molar-refractivity contribution >= 4 is 17.0 Å². The van der Waals surface area contributed by atoms with Crippen LogP contribution in [0.4, 0.5) is 0 Å². The zero-order valence-corrected chi connectivity index (χ0v) is 19.4. The molecule has 5 rings (SSSR count). The molecule has 0 aromatic carbocycles. The molecule has 1 saturated heterocycles. The predicted molar refractivity (Wildman–Crippen MR) is 123 cm³/mol. The molecule has 4 aromatic rings. The van der Waals surface area contributed by atoms with Crippen molar-refractivity contribution in [1.82, 2.24) is 19.9 Å². The van der Waals surface area contributed by atoms with Gasteiger partial charge in [-0.1, -0.05) is 5.16 Å². The van der Waals surface area contributed by atoms with E-state index in [1.807, 2.05) is 49.9 Å². The zero-order valence-electron chi connectivity index (χ0n) is 19.4. The Bertz CT molecular complexity index is 1280. The number of aromatic nitrogens is 2. The number of amides is 1. The second-order valence-electron chi connectivity index (χ2n) is 8.88. The lowest BCUT2D eigenvalue weighted by atomic mass is 10.00. The summed E-state index contributed by atoms with van der Waals surface area (Å²) in [7, 11) is 2.11. The first-order valence-electron chi connectivity index (χ1n) is 11.3. The van der Waals surface area contributed by atoms with Crippen molar-refractivity contribution in [3.63, 3.8) is 0 Å². The van der Waals surface area contributed by atoms with Gasteiger partial charge >= 0.3 is 0 Å².